The predicted octanol–water partition coefficient (Wildman–Crippen LogP) is 9.79. The summed E-state index contributed by atoms with van der Waals surface area (Å²) in [6.45, 7) is 10.7. The molecule has 0 saturated heterocycles. The minimum Gasteiger partial charge on any atom is -0.494 e. The Kier molecular flexibility index (Phi) is 37.7. The van der Waals surface area contributed by atoms with E-state index in [1.807, 2.05) is 109 Å². The number of ether oxygens (including phenoxy) is 12. The Morgan fingerprint density at radius 1 is 0.296 bits per heavy atom. The van der Waals surface area contributed by atoms with Gasteiger partial charge >= 0.3 is 17.9 Å². The van der Waals surface area contributed by atoms with Gasteiger partial charge in [-0.2, -0.15) is 0 Å². The van der Waals surface area contributed by atoms with Crippen LogP contribution < -0.4 is 14.2 Å². The van der Waals surface area contributed by atoms with E-state index in [9.17, 15) is 28.8 Å². The molecule has 6 aromatic rings. The predicted molar refractivity (Wildman–Crippen MR) is 372 cm³/mol. The van der Waals surface area contributed by atoms with Gasteiger partial charge in [0.2, 0.25) is 0 Å². The summed E-state index contributed by atoms with van der Waals surface area (Å²) in [6.07, 6.45) is 2.94. The smallest absolute Gasteiger partial charge is 0.307 e. The Bertz CT molecular complexity index is 3070. The molecule has 0 N–H and O–H groups in total. The highest BCUT2D eigenvalue weighted by Crippen LogP contribution is 2.21. The fourth-order valence-corrected chi connectivity index (χ4v) is 9.76. The molecule has 0 aliphatic rings. The molecule has 0 aromatic heterocycles. The first kappa shape index (κ1) is 78.8. The van der Waals surface area contributed by atoms with Crippen LogP contribution in [0.15, 0.2) is 164 Å². The van der Waals surface area contributed by atoms with E-state index in [2.05, 4.69) is 0 Å². The number of nitrogens with zero attached hydrogens (tertiary/aromatic N) is 3. The molecule has 0 spiro atoms. The van der Waals surface area contributed by atoms with Crippen LogP contribution in [-0.4, -0.2) is 229 Å². The average Bonchev–Trinajstić information content (AvgIpc) is 0.922. The van der Waals surface area contributed by atoms with Gasteiger partial charge in [0.15, 0.2) is 17.3 Å². The molecule has 6 aromatic carbocycles. The second-order valence-electron chi connectivity index (χ2n) is 23.9. The van der Waals surface area contributed by atoms with E-state index in [0.29, 0.717) is 96.6 Å². The van der Waals surface area contributed by atoms with Crippen molar-refractivity contribution in [3.05, 3.63) is 197 Å². The number of hydrogen-bond acceptors (Lipinski definition) is 21. The quantitative estimate of drug-likeness (QED) is 0.0150. The van der Waals surface area contributed by atoms with Gasteiger partial charge in [0.25, 0.3) is 0 Å². The van der Waals surface area contributed by atoms with Crippen LogP contribution in [0.5, 0.6) is 17.2 Å². The Morgan fingerprint density at radius 2 is 0.582 bits per heavy atom. The molecule has 6 rings (SSSR count). The molecular weight excluding hydrogens is 1250 g/mol. The molecule has 0 saturated carbocycles. The number of benzene rings is 6. The van der Waals surface area contributed by atoms with Gasteiger partial charge in [0.05, 0.1) is 118 Å². The van der Waals surface area contributed by atoms with Crippen molar-refractivity contribution in [3.63, 3.8) is 0 Å². The summed E-state index contributed by atoms with van der Waals surface area (Å²) in [5.74, 6) is 0.926. The van der Waals surface area contributed by atoms with Crippen molar-refractivity contribution in [1.82, 2.24) is 14.7 Å². The maximum atomic E-state index is 12.8. The van der Waals surface area contributed by atoms with Crippen LogP contribution in [0.4, 0.5) is 0 Å². The normalized spacial score (nSPS) is 11.4. The molecular formula is C77H99N3O18. The van der Waals surface area contributed by atoms with Crippen LogP contribution in [0.2, 0.25) is 0 Å². The molecule has 0 amide bonds. The molecule has 0 atom stereocenters. The zero-order valence-electron chi connectivity index (χ0n) is 57.5. The third-order valence-corrected chi connectivity index (χ3v) is 15.3. The number of hydrogen-bond donors (Lipinski definition) is 0. The molecule has 0 fully saturated rings. The van der Waals surface area contributed by atoms with Crippen molar-refractivity contribution in [3.8, 4) is 17.2 Å². The van der Waals surface area contributed by atoms with E-state index in [1.54, 1.807) is 97.1 Å². The van der Waals surface area contributed by atoms with Crippen LogP contribution in [0, 0.1) is 5.41 Å². The first-order chi connectivity index (χ1) is 47.7. The fourth-order valence-electron chi connectivity index (χ4n) is 9.76. The highest BCUT2D eigenvalue weighted by Gasteiger charge is 2.26. The first-order valence-corrected chi connectivity index (χ1v) is 33.7. The van der Waals surface area contributed by atoms with E-state index in [0.717, 1.165) is 32.4 Å². The number of rotatable bonds is 54. The lowest BCUT2D eigenvalue weighted by molar-refractivity contribution is -0.146. The molecule has 0 aliphatic heterocycles. The fraction of sp³-hybridized carbons (Fsp3) is 0.455. The Hall–Kier alpha value is -8.22. The van der Waals surface area contributed by atoms with E-state index in [4.69, 9.17) is 56.8 Å². The monoisotopic (exact) mass is 1350 g/mol. The Balaban J connectivity index is 0.787. The van der Waals surface area contributed by atoms with Gasteiger partial charge in [-0.25, -0.2) is 0 Å². The summed E-state index contributed by atoms with van der Waals surface area (Å²) >= 11 is 0. The van der Waals surface area contributed by atoms with Crippen LogP contribution in [0.1, 0.15) is 93.2 Å². The second-order valence-corrected chi connectivity index (χ2v) is 23.9. The van der Waals surface area contributed by atoms with Crippen molar-refractivity contribution in [1.29, 1.82) is 0 Å². The third kappa shape index (κ3) is 32.9. The molecule has 0 radical (unpaired) electrons. The van der Waals surface area contributed by atoms with Crippen molar-refractivity contribution < 1.29 is 85.6 Å². The lowest BCUT2D eigenvalue weighted by Crippen LogP contribution is -2.35. The number of esters is 3. The third-order valence-electron chi connectivity index (χ3n) is 15.3. The van der Waals surface area contributed by atoms with E-state index < -0.39 is 5.41 Å². The van der Waals surface area contributed by atoms with Gasteiger partial charge < -0.3 is 71.5 Å². The van der Waals surface area contributed by atoms with Gasteiger partial charge in [-0.05, 0) is 101 Å². The largest absolute Gasteiger partial charge is 0.494 e. The van der Waals surface area contributed by atoms with E-state index in [1.165, 1.54) is 0 Å². The molecule has 0 aliphatic carbocycles. The molecule has 0 heterocycles. The minimum absolute atomic E-state index is 0.0370. The molecule has 530 valence electrons. The molecule has 21 heteroatoms. The second kappa shape index (κ2) is 46.9. The van der Waals surface area contributed by atoms with Crippen molar-refractivity contribution in [2.45, 2.75) is 45.4 Å². The Morgan fingerprint density at radius 3 is 0.929 bits per heavy atom. The summed E-state index contributed by atoms with van der Waals surface area (Å²) < 4.78 is 69.0. The zero-order chi connectivity index (χ0) is 69.7. The van der Waals surface area contributed by atoms with E-state index >= 15 is 0 Å². The zero-order valence-corrected chi connectivity index (χ0v) is 57.5. The SMILES string of the molecule is CN(CCCOc1ccc(C(=O)c2ccccc2)cc1)CCC(=O)OCCOCCOCC(C)(COCCOCCOC(=O)CCN(C)CCCOc1ccc(C(=O)c2ccccc2)cc1)COCCOCCOC(=O)CCN(C)CCCOc1cccc(C(=O)c2ccccc2)c1. The summed E-state index contributed by atoms with van der Waals surface area (Å²) in [5, 5.41) is 0. The number of ketones is 3. The van der Waals surface area contributed by atoms with Crippen molar-refractivity contribution >= 4 is 35.3 Å². The maximum Gasteiger partial charge on any atom is 0.307 e. The van der Waals surface area contributed by atoms with Crippen LogP contribution in [0.25, 0.3) is 0 Å². The molecule has 0 bridgehead atoms. The van der Waals surface area contributed by atoms with Crippen LogP contribution in [0.3, 0.4) is 0 Å². The maximum absolute atomic E-state index is 12.8. The summed E-state index contributed by atoms with van der Waals surface area (Å²) in [4.78, 5) is 81.8. The first-order valence-electron chi connectivity index (χ1n) is 33.7. The van der Waals surface area contributed by atoms with Gasteiger partial charge in [0, 0.05) is 78.1 Å². The summed E-state index contributed by atoms with van der Waals surface area (Å²) in [6, 6.07) is 48.9. The van der Waals surface area contributed by atoms with Crippen LogP contribution >= 0.6 is 0 Å². The highest BCUT2D eigenvalue weighted by molar-refractivity contribution is 6.10. The van der Waals surface area contributed by atoms with Crippen LogP contribution in [-0.2, 0) is 57.0 Å². The summed E-state index contributed by atoms with van der Waals surface area (Å²) in [5.41, 5.74) is 3.11. The van der Waals surface area contributed by atoms with Gasteiger partial charge in [-0.3, -0.25) is 28.8 Å². The van der Waals surface area contributed by atoms with Gasteiger partial charge in [-0.1, -0.05) is 110 Å². The minimum atomic E-state index is -0.562. The summed E-state index contributed by atoms with van der Waals surface area (Å²) in [7, 11) is 5.82. The lowest BCUT2D eigenvalue weighted by atomic mass is 9.94. The molecule has 98 heavy (non-hydrogen) atoms. The number of carbonyl (C=O) groups excluding carboxylic acids is 6. The van der Waals surface area contributed by atoms with E-state index in [-0.39, 0.29) is 154 Å². The number of carbonyl (C=O) groups is 6. The Labute approximate surface area is 577 Å². The highest BCUT2D eigenvalue weighted by atomic mass is 16.6. The van der Waals surface area contributed by atoms with Gasteiger partial charge in [-0.15, -0.1) is 0 Å². The topological polar surface area (TPSA) is 223 Å². The average molecular weight is 1350 g/mol. The standard InChI is InChI=1S/C77H99N3O18/c1-77(59-90-49-46-87-52-55-96-71(81)34-40-78(2)37-15-43-93-68-30-26-65(27-31-68)74(84)62-18-8-5-9-19-62,60-91-50-47-88-53-56-97-72(82)35-41-79(3)38-16-44-94-69-32-28-66(29-33-69)75(85)63-20-10-6-11-21-63)61-92-51-48-89-54-57-98-73(83)36-42-80(4)39-17-45-95-70-25-14-24-67(58-70)76(86)64-22-12-7-13-23-64/h5-14,18-33,58H,15-17,34-57,59-61H2,1-4H3. The molecule has 21 nitrogen and oxygen atoms in total. The van der Waals surface area contributed by atoms with Gasteiger partial charge in [0.1, 0.15) is 37.1 Å². The van der Waals surface area contributed by atoms with Crippen molar-refractivity contribution in [2.24, 2.45) is 5.41 Å². The molecule has 0 unspecified atom stereocenters. The van der Waals surface area contributed by atoms with Crippen molar-refractivity contribution in [2.75, 3.05) is 179 Å². The lowest BCUT2D eigenvalue weighted by Gasteiger charge is -2.29.